The number of benzene rings is 1. The number of nitrogens with one attached hydrogen (secondary N) is 2. The molecule has 0 amide bonds. The average molecular weight is 188 g/mol. The van der Waals surface area contributed by atoms with E-state index in [0.717, 1.165) is 17.0 Å². The predicted octanol–water partition coefficient (Wildman–Crippen LogP) is 0.153. The zero-order valence-electron chi connectivity index (χ0n) is 7.49. The van der Waals surface area contributed by atoms with Gasteiger partial charge < -0.3 is 5.73 Å². The Balaban J connectivity index is 2.28. The number of aliphatic imine (C=N–C) groups is 1. The van der Waals surface area contributed by atoms with Crippen LogP contribution in [0.25, 0.3) is 11.0 Å². The van der Waals surface area contributed by atoms with Gasteiger partial charge >= 0.3 is 5.95 Å². The summed E-state index contributed by atoms with van der Waals surface area (Å²) < 4.78 is 2.05. The van der Waals surface area contributed by atoms with E-state index in [0.29, 0.717) is 12.6 Å². The first-order chi connectivity index (χ1) is 6.84. The molecule has 0 spiro atoms. The number of fused-ring (bicyclic) bond motifs is 3. The lowest BCUT2D eigenvalue weighted by atomic mass is 10.3. The second kappa shape index (κ2) is 2.47. The Morgan fingerprint density at radius 2 is 2.21 bits per heavy atom. The van der Waals surface area contributed by atoms with Crippen LogP contribution < -0.4 is 15.6 Å². The van der Waals surface area contributed by atoms with E-state index in [2.05, 4.69) is 15.3 Å². The molecule has 0 aliphatic carbocycles. The van der Waals surface area contributed by atoms with Crippen molar-refractivity contribution in [3.05, 3.63) is 24.3 Å². The number of nitrogens with zero attached hydrogens (tertiary/aromatic N) is 2. The number of aromatic amines is 1. The first-order valence-corrected chi connectivity index (χ1v) is 4.42. The van der Waals surface area contributed by atoms with Crippen molar-refractivity contribution in [2.24, 2.45) is 10.7 Å². The molecular weight excluding hydrogens is 178 g/mol. The highest BCUT2D eigenvalue weighted by atomic mass is 15.3. The van der Waals surface area contributed by atoms with Gasteiger partial charge in [0.1, 0.15) is 11.0 Å². The Morgan fingerprint density at radius 1 is 1.36 bits per heavy atom. The normalized spacial score (nSPS) is 14.7. The summed E-state index contributed by atoms with van der Waals surface area (Å²) in [5.41, 5.74) is 7.79. The van der Waals surface area contributed by atoms with Gasteiger partial charge in [0.25, 0.3) is 5.96 Å². The van der Waals surface area contributed by atoms with E-state index in [1.54, 1.807) is 0 Å². The first-order valence-electron chi connectivity index (χ1n) is 4.42. The van der Waals surface area contributed by atoms with E-state index in [1.807, 2.05) is 28.8 Å². The molecular formula is C9H10N5+. The number of rotatable bonds is 0. The molecule has 2 aromatic rings. The molecule has 1 aliphatic rings. The molecule has 0 bridgehead atoms. The quantitative estimate of drug-likeness (QED) is 0.515. The number of imidazole rings is 1. The van der Waals surface area contributed by atoms with Crippen LogP contribution in [0.15, 0.2) is 29.3 Å². The zero-order valence-corrected chi connectivity index (χ0v) is 7.49. The summed E-state index contributed by atoms with van der Waals surface area (Å²) in [6, 6.07) is 8.08. The topological polar surface area (TPSA) is 70.1 Å². The zero-order chi connectivity index (χ0) is 9.54. The van der Waals surface area contributed by atoms with E-state index in [-0.39, 0.29) is 0 Å². The van der Waals surface area contributed by atoms with Crippen LogP contribution >= 0.6 is 0 Å². The summed E-state index contributed by atoms with van der Waals surface area (Å²) in [6.45, 7) is 0.568. The number of hydrogen-bond donors (Lipinski definition) is 3. The van der Waals surface area contributed by atoms with Crippen molar-refractivity contribution in [3.63, 3.8) is 0 Å². The fraction of sp³-hybridized carbons (Fsp3) is 0.111. The highest BCUT2D eigenvalue weighted by Crippen LogP contribution is 2.12. The molecule has 4 N–H and O–H groups in total. The third-order valence-corrected chi connectivity index (χ3v) is 2.35. The molecule has 0 fully saturated rings. The van der Waals surface area contributed by atoms with Crippen LogP contribution in [0.2, 0.25) is 0 Å². The van der Waals surface area contributed by atoms with Gasteiger partial charge in [-0.3, -0.25) is 0 Å². The number of aromatic nitrogens is 2. The number of hydrogen-bond acceptors (Lipinski definition) is 3. The Kier molecular flexibility index (Phi) is 1.30. The Bertz CT molecular complexity index is 525. The molecule has 70 valence electrons. The average Bonchev–Trinajstić information content (AvgIpc) is 2.54. The Hall–Kier alpha value is -2.04. The summed E-state index contributed by atoms with van der Waals surface area (Å²) in [5, 5.41) is 2.98. The first kappa shape index (κ1) is 7.37. The van der Waals surface area contributed by atoms with Crippen molar-refractivity contribution in [3.8, 4) is 0 Å². The molecule has 14 heavy (non-hydrogen) atoms. The standard InChI is InChI=1S/C9H9N5/c10-8-11-5-14-7-4-2-1-3-6(7)12-9(14)13-8/h1-4H,5H2,(H3,10,11,12,13)/p+1. The maximum atomic E-state index is 5.58. The van der Waals surface area contributed by atoms with Crippen LogP contribution in [0, 0.1) is 0 Å². The minimum atomic E-state index is 0.455. The molecule has 1 aromatic heterocycles. The van der Waals surface area contributed by atoms with Gasteiger partial charge in [0.2, 0.25) is 0 Å². The number of H-pyrrole nitrogens is 1. The highest BCUT2D eigenvalue weighted by molar-refractivity contribution is 5.91. The molecule has 0 radical (unpaired) electrons. The molecule has 0 unspecified atom stereocenters. The van der Waals surface area contributed by atoms with E-state index in [4.69, 9.17) is 5.73 Å². The van der Waals surface area contributed by atoms with Crippen molar-refractivity contribution in [1.29, 1.82) is 0 Å². The molecule has 5 nitrogen and oxygen atoms in total. The summed E-state index contributed by atoms with van der Waals surface area (Å²) in [6.07, 6.45) is 0. The van der Waals surface area contributed by atoms with Crippen molar-refractivity contribution < 1.29 is 4.57 Å². The van der Waals surface area contributed by atoms with E-state index in [9.17, 15) is 0 Å². The van der Waals surface area contributed by atoms with E-state index >= 15 is 0 Å². The third kappa shape index (κ3) is 0.891. The second-order valence-corrected chi connectivity index (χ2v) is 3.23. The number of para-hydroxylation sites is 2. The van der Waals surface area contributed by atoms with Gasteiger partial charge in [0, 0.05) is 0 Å². The minimum Gasteiger partial charge on any atom is -0.357 e. The lowest BCUT2D eigenvalue weighted by Gasteiger charge is -2.05. The van der Waals surface area contributed by atoms with Crippen molar-refractivity contribution in [2.45, 2.75) is 6.67 Å². The summed E-state index contributed by atoms with van der Waals surface area (Å²) >= 11 is 0. The van der Waals surface area contributed by atoms with Gasteiger partial charge in [-0.1, -0.05) is 12.1 Å². The van der Waals surface area contributed by atoms with E-state index in [1.165, 1.54) is 0 Å². The molecule has 3 rings (SSSR count). The third-order valence-electron chi connectivity index (χ3n) is 2.35. The smallest absolute Gasteiger partial charge is 0.357 e. The Morgan fingerprint density at radius 3 is 3.14 bits per heavy atom. The summed E-state index contributed by atoms with van der Waals surface area (Å²) in [7, 11) is 0. The number of nitrogens with two attached hydrogens (primary N) is 1. The van der Waals surface area contributed by atoms with Crippen molar-refractivity contribution >= 4 is 22.9 Å². The lowest BCUT2D eigenvalue weighted by molar-refractivity contribution is -0.656. The number of anilines is 1. The second-order valence-electron chi connectivity index (χ2n) is 3.23. The maximum Gasteiger partial charge on any atom is 0.364 e. The molecule has 5 heteroatoms. The van der Waals surface area contributed by atoms with Crippen LogP contribution in [-0.2, 0) is 6.67 Å². The van der Waals surface area contributed by atoms with Crippen LogP contribution in [0.5, 0.6) is 0 Å². The molecule has 0 saturated heterocycles. The highest BCUT2D eigenvalue weighted by Gasteiger charge is 2.20. The Labute approximate surface area is 80.3 Å². The van der Waals surface area contributed by atoms with Gasteiger partial charge in [-0.2, -0.15) is 0 Å². The summed E-state index contributed by atoms with van der Waals surface area (Å²) in [4.78, 5) is 7.36. The molecule has 2 heterocycles. The van der Waals surface area contributed by atoms with Crippen LogP contribution in [0.3, 0.4) is 0 Å². The molecule has 1 aliphatic heterocycles. The maximum absolute atomic E-state index is 5.58. The van der Waals surface area contributed by atoms with Gasteiger partial charge in [-0.05, 0) is 12.1 Å². The van der Waals surface area contributed by atoms with Gasteiger partial charge in [-0.15, -0.1) is 0 Å². The van der Waals surface area contributed by atoms with Crippen molar-refractivity contribution in [2.75, 3.05) is 5.32 Å². The fourth-order valence-electron chi connectivity index (χ4n) is 1.68. The lowest BCUT2D eigenvalue weighted by Crippen LogP contribution is -2.43. The largest absolute Gasteiger partial charge is 0.364 e. The van der Waals surface area contributed by atoms with Gasteiger partial charge in [-0.25, -0.2) is 19.9 Å². The monoisotopic (exact) mass is 188 g/mol. The molecule has 0 saturated carbocycles. The van der Waals surface area contributed by atoms with Crippen LogP contribution in [0.4, 0.5) is 5.95 Å². The van der Waals surface area contributed by atoms with Gasteiger partial charge in [0.15, 0.2) is 6.67 Å². The minimum absolute atomic E-state index is 0.455. The fourth-order valence-corrected chi connectivity index (χ4v) is 1.68. The molecule has 0 atom stereocenters. The van der Waals surface area contributed by atoms with E-state index < -0.39 is 0 Å². The summed E-state index contributed by atoms with van der Waals surface area (Å²) in [5.74, 6) is 1.34. The van der Waals surface area contributed by atoms with Crippen molar-refractivity contribution in [1.82, 2.24) is 4.98 Å². The number of guanidine groups is 1. The van der Waals surface area contributed by atoms with Crippen LogP contribution in [-0.4, -0.2) is 10.9 Å². The van der Waals surface area contributed by atoms with Crippen LogP contribution in [0.1, 0.15) is 0 Å². The SMILES string of the molecule is NC1=NC[n+]2c([nH]c3ccccc32)N1. The predicted molar refractivity (Wildman–Crippen MR) is 53.7 cm³/mol. The molecule has 1 aromatic carbocycles. The van der Waals surface area contributed by atoms with Gasteiger partial charge in [0.05, 0.1) is 0 Å².